The fourth-order valence-electron chi connectivity index (χ4n) is 3.26. The summed E-state index contributed by atoms with van der Waals surface area (Å²) in [5.74, 6) is 2.00. The van der Waals surface area contributed by atoms with Gasteiger partial charge in [-0.25, -0.2) is 4.98 Å². The van der Waals surface area contributed by atoms with Crippen LogP contribution in [-0.4, -0.2) is 59.6 Å². The molecular formula is C15H22N4O2S. The molecule has 0 radical (unpaired) electrons. The molecular weight excluding hydrogens is 300 g/mol. The Labute approximate surface area is 134 Å². The van der Waals surface area contributed by atoms with Gasteiger partial charge >= 0.3 is 0 Å². The molecule has 4 rings (SSSR count). The Bertz CT molecular complexity index is 539. The summed E-state index contributed by atoms with van der Waals surface area (Å²) in [6.45, 7) is 4.59. The lowest BCUT2D eigenvalue weighted by molar-refractivity contribution is -0.139. The largest absolute Gasteiger partial charge is 0.378 e. The van der Waals surface area contributed by atoms with Crippen LogP contribution in [0.3, 0.4) is 0 Å². The van der Waals surface area contributed by atoms with Crippen LogP contribution in [0.25, 0.3) is 0 Å². The summed E-state index contributed by atoms with van der Waals surface area (Å²) in [5, 5.41) is 1.00. The number of morpholine rings is 1. The van der Waals surface area contributed by atoms with Gasteiger partial charge in [0.2, 0.25) is 11.0 Å². The summed E-state index contributed by atoms with van der Waals surface area (Å²) >= 11 is 1.49. The summed E-state index contributed by atoms with van der Waals surface area (Å²) in [5.41, 5.74) is 0. The van der Waals surface area contributed by atoms with Crippen molar-refractivity contribution >= 4 is 22.6 Å². The highest BCUT2D eigenvalue weighted by molar-refractivity contribution is 7.09. The highest BCUT2D eigenvalue weighted by Crippen LogP contribution is 2.40. The highest BCUT2D eigenvalue weighted by atomic mass is 32.1. The third kappa shape index (κ3) is 2.96. The number of anilines is 1. The molecule has 0 aromatic carbocycles. The van der Waals surface area contributed by atoms with E-state index in [0.29, 0.717) is 25.0 Å². The fourth-order valence-corrected chi connectivity index (χ4v) is 4.04. The van der Waals surface area contributed by atoms with E-state index in [0.717, 1.165) is 50.0 Å². The first kappa shape index (κ1) is 14.4. The minimum absolute atomic E-state index is 0.0973. The second-order valence-corrected chi connectivity index (χ2v) is 7.16. The van der Waals surface area contributed by atoms with E-state index in [9.17, 15) is 4.79 Å². The second kappa shape index (κ2) is 6.12. The molecule has 3 aliphatic rings. The summed E-state index contributed by atoms with van der Waals surface area (Å²) in [6.07, 6.45) is 4.50. The van der Waals surface area contributed by atoms with Gasteiger partial charge in [0.1, 0.15) is 5.82 Å². The third-order valence-corrected chi connectivity index (χ3v) is 5.53. The van der Waals surface area contributed by atoms with Gasteiger partial charge in [0.25, 0.3) is 0 Å². The Morgan fingerprint density at radius 1 is 1.18 bits per heavy atom. The molecule has 1 aliphatic carbocycles. The maximum Gasteiger partial charge on any atom is 0.227 e. The molecule has 1 aromatic rings. The first-order valence-corrected chi connectivity index (χ1v) is 9.03. The SMILES string of the molecule is O=C(C1CCCN(c2nc(C3CC3)ns2)C1)N1CCOCC1. The van der Waals surface area contributed by atoms with Crippen molar-refractivity contribution in [2.75, 3.05) is 44.3 Å². The molecule has 1 amide bonds. The molecule has 0 N–H and O–H groups in total. The van der Waals surface area contributed by atoms with E-state index in [-0.39, 0.29) is 5.92 Å². The molecule has 0 bridgehead atoms. The lowest BCUT2D eigenvalue weighted by atomic mass is 9.96. The molecule has 1 atom stereocenters. The van der Waals surface area contributed by atoms with Crippen molar-refractivity contribution in [3.63, 3.8) is 0 Å². The average Bonchev–Trinajstić information content (AvgIpc) is 3.32. The van der Waals surface area contributed by atoms with Gasteiger partial charge in [0, 0.05) is 43.6 Å². The van der Waals surface area contributed by atoms with E-state index >= 15 is 0 Å². The predicted molar refractivity (Wildman–Crippen MR) is 84.2 cm³/mol. The fraction of sp³-hybridized carbons (Fsp3) is 0.800. The Kier molecular flexibility index (Phi) is 4.00. The van der Waals surface area contributed by atoms with Crippen LogP contribution >= 0.6 is 11.5 Å². The number of piperidine rings is 1. The minimum atomic E-state index is 0.0973. The van der Waals surface area contributed by atoms with E-state index in [1.165, 1.54) is 24.4 Å². The molecule has 1 aromatic heterocycles. The number of hydrogen-bond donors (Lipinski definition) is 0. The van der Waals surface area contributed by atoms with Crippen molar-refractivity contribution in [1.29, 1.82) is 0 Å². The number of ether oxygens (including phenoxy) is 1. The topological polar surface area (TPSA) is 58.6 Å². The zero-order chi connectivity index (χ0) is 14.9. The Balaban J connectivity index is 1.40. The maximum absolute atomic E-state index is 12.7. The van der Waals surface area contributed by atoms with Crippen LogP contribution in [0.4, 0.5) is 5.13 Å². The van der Waals surface area contributed by atoms with Gasteiger partial charge in [0.15, 0.2) is 0 Å². The van der Waals surface area contributed by atoms with E-state index < -0.39 is 0 Å². The Morgan fingerprint density at radius 2 is 2.00 bits per heavy atom. The number of rotatable bonds is 3. The normalized spacial score (nSPS) is 26.3. The second-order valence-electron chi connectivity index (χ2n) is 6.43. The third-order valence-electron chi connectivity index (χ3n) is 4.74. The van der Waals surface area contributed by atoms with E-state index in [4.69, 9.17) is 9.72 Å². The van der Waals surface area contributed by atoms with E-state index in [2.05, 4.69) is 9.27 Å². The standard InChI is InChI=1S/C15H22N4O2S/c20-14(18-6-8-21-9-7-18)12-2-1-5-19(10-12)15-16-13(17-22-15)11-3-4-11/h11-12H,1-10H2. The molecule has 22 heavy (non-hydrogen) atoms. The molecule has 1 saturated carbocycles. The van der Waals surface area contributed by atoms with Gasteiger partial charge in [0.05, 0.1) is 19.1 Å². The zero-order valence-corrected chi connectivity index (χ0v) is 13.6. The molecule has 0 spiro atoms. The number of carbonyl (C=O) groups is 1. The summed E-state index contributed by atoms with van der Waals surface area (Å²) in [4.78, 5) is 21.6. The first-order valence-electron chi connectivity index (χ1n) is 8.26. The van der Waals surface area contributed by atoms with E-state index in [1.54, 1.807) is 0 Å². The maximum atomic E-state index is 12.7. The van der Waals surface area contributed by atoms with Gasteiger partial charge in [-0.15, -0.1) is 0 Å². The van der Waals surface area contributed by atoms with Crippen LogP contribution in [0.1, 0.15) is 37.4 Å². The molecule has 1 unspecified atom stereocenters. The zero-order valence-electron chi connectivity index (χ0n) is 12.7. The number of carbonyl (C=O) groups excluding carboxylic acids is 1. The van der Waals surface area contributed by atoms with Gasteiger partial charge in [-0.3, -0.25) is 4.79 Å². The number of aromatic nitrogens is 2. The van der Waals surface area contributed by atoms with E-state index in [1.807, 2.05) is 4.90 Å². The molecule has 3 heterocycles. The quantitative estimate of drug-likeness (QED) is 0.844. The van der Waals surface area contributed by atoms with Crippen molar-refractivity contribution in [2.24, 2.45) is 5.92 Å². The molecule has 2 aliphatic heterocycles. The molecule has 120 valence electrons. The Morgan fingerprint density at radius 3 is 2.77 bits per heavy atom. The first-order chi connectivity index (χ1) is 10.8. The van der Waals surface area contributed by atoms with Gasteiger partial charge < -0.3 is 14.5 Å². The van der Waals surface area contributed by atoms with Crippen molar-refractivity contribution in [2.45, 2.75) is 31.6 Å². The summed E-state index contributed by atoms with van der Waals surface area (Å²) < 4.78 is 9.83. The lowest BCUT2D eigenvalue weighted by Gasteiger charge is -2.35. The molecule has 2 saturated heterocycles. The van der Waals surface area contributed by atoms with Gasteiger partial charge in [-0.05, 0) is 25.7 Å². The number of hydrogen-bond acceptors (Lipinski definition) is 6. The van der Waals surface area contributed by atoms with Crippen LogP contribution in [0.5, 0.6) is 0 Å². The van der Waals surface area contributed by atoms with Gasteiger partial charge in [-0.2, -0.15) is 4.37 Å². The van der Waals surface area contributed by atoms with Crippen LogP contribution in [0, 0.1) is 5.92 Å². The van der Waals surface area contributed by atoms with Crippen LogP contribution in [0.15, 0.2) is 0 Å². The Hall–Kier alpha value is -1.21. The summed E-state index contributed by atoms with van der Waals surface area (Å²) in [7, 11) is 0. The van der Waals surface area contributed by atoms with Crippen LogP contribution < -0.4 is 4.90 Å². The number of nitrogens with zero attached hydrogens (tertiary/aromatic N) is 4. The minimum Gasteiger partial charge on any atom is -0.378 e. The van der Waals surface area contributed by atoms with Crippen LogP contribution in [0.2, 0.25) is 0 Å². The predicted octanol–water partition coefficient (Wildman–Crippen LogP) is 1.49. The smallest absolute Gasteiger partial charge is 0.227 e. The van der Waals surface area contributed by atoms with Crippen molar-refractivity contribution < 1.29 is 9.53 Å². The number of amides is 1. The molecule has 6 nitrogen and oxygen atoms in total. The van der Waals surface area contributed by atoms with Crippen molar-refractivity contribution in [3.8, 4) is 0 Å². The molecule has 7 heteroatoms. The average molecular weight is 322 g/mol. The summed E-state index contributed by atoms with van der Waals surface area (Å²) in [6, 6.07) is 0. The van der Waals surface area contributed by atoms with Crippen molar-refractivity contribution in [1.82, 2.24) is 14.3 Å². The van der Waals surface area contributed by atoms with Gasteiger partial charge in [-0.1, -0.05) is 0 Å². The lowest BCUT2D eigenvalue weighted by Crippen LogP contribution is -2.48. The molecule has 3 fully saturated rings. The monoisotopic (exact) mass is 322 g/mol. The van der Waals surface area contributed by atoms with Crippen LogP contribution in [-0.2, 0) is 9.53 Å². The highest BCUT2D eigenvalue weighted by Gasteiger charge is 2.33. The van der Waals surface area contributed by atoms with Crippen molar-refractivity contribution in [3.05, 3.63) is 5.82 Å².